The average Bonchev–Trinajstić information content (AvgIpc) is 2.82. The molecule has 0 spiro atoms. The summed E-state index contributed by atoms with van der Waals surface area (Å²) in [4.78, 5) is 8.30. The van der Waals surface area contributed by atoms with Crippen LogP contribution in [0.15, 0.2) is 30.7 Å². The van der Waals surface area contributed by atoms with Gasteiger partial charge in [-0.2, -0.15) is 5.10 Å². The summed E-state index contributed by atoms with van der Waals surface area (Å²) >= 11 is 0. The van der Waals surface area contributed by atoms with Crippen molar-refractivity contribution >= 4 is 11.0 Å². The van der Waals surface area contributed by atoms with Crippen LogP contribution >= 0.6 is 0 Å². The highest BCUT2D eigenvalue weighted by Gasteiger charge is 2.15. The lowest BCUT2D eigenvalue weighted by atomic mass is 10.1. The molecule has 0 fully saturated rings. The van der Waals surface area contributed by atoms with Crippen molar-refractivity contribution in [2.45, 2.75) is 19.9 Å². The second kappa shape index (κ2) is 4.63. The van der Waals surface area contributed by atoms with E-state index >= 15 is 0 Å². The molecule has 0 aliphatic rings. The Hall–Kier alpha value is -2.37. The van der Waals surface area contributed by atoms with Crippen LogP contribution in [-0.4, -0.2) is 19.7 Å². The van der Waals surface area contributed by atoms with Crippen LogP contribution in [-0.2, 0) is 0 Å². The van der Waals surface area contributed by atoms with Crippen LogP contribution in [0.2, 0.25) is 0 Å². The van der Waals surface area contributed by atoms with E-state index in [2.05, 4.69) is 15.1 Å². The van der Waals surface area contributed by atoms with E-state index in [1.54, 1.807) is 10.9 Å². The molecule has 0 bridgehead atoms. The van der Waals surface area contributed by atoms with Gasteiger partial charge in [0.05, 0.1) is 17.3 Å². The first kappa shape index (κ1) is 12.7. The van der Waals surface area contributed by atoms with E-state index in [0.717, 1.165) is 6.07 Å². The van der Waals surface area contributed by atoms with Crippen LogP contribution in [0.25, 0.3) is 22.3 Å². The van der Waals surface area contributed by atoms with E-state index in [4.69, 9.17) is 0 Å². The van der Waals surface area contributed by atoms with Crippen LogP contribution in [0.5, 0.6) is 0 Å². The molecule has 0 aliphatic heterocycles. The SMILES string of the molecule is CC(C)n1ncc2c(-c3ccc(F)cc3F)ncnc21. The fraction of sp³-hybridized carbons (Fsp3) is 0.214. The molecule has 6 heteroatoms. The molecular formula is C14H12F2N4. The van der Waals surface area contributed by atoms with Gasteiger partial charge in [0.2, 0.25) is 0 Å². The summed E-state index contributed by atoms with van der Waals surface area (Å²) in [6.45, 7) is 3.96. The second-order valence-corrected chi connectivity index (χ2v) is 4.77. The highest BCUT2D eigenvalue weighted by atomic mass is 19.1. The molecule has 0 saturated heterocycles. The first-order valence-electron chi connectivity index (χ1n) is 6.21. The maximum atomic E-state index is 13.9. The van der Waals surface area contributed by atoms with E-state index < -0.39 is 11.6 Å². The topological polar surface area (TPSA) is 43.6 Å². The van der Waals surface area contributed by atoms with E-state index in [-0.39, 0.29) is 11.6 Å². The molecule has 0 aliphatic carbocycles. The lowest BCUT2D eigenvalue weighted by Crippen LogP contribution is -2.03. The molecule has 0 amide bonds. The molecule has 0 atom stereocenters. The molecule has 2 heterocycles. The van der Waals surface area contributed by atoms with Gasteiger partial charge in [0.1, 0.15) is 18.0 Å². The first-order valence-corrected chi connectivity index (χ1v) is 6.21. The minimum Gasteiger partial charge on any atom is -0.245 e. The summed E-state index contributed by atoms with van der Waals surface area (Å²) in [5, 5.41) is 4.89. The number of aromatic nitrogens is 4. The van der Waals surface area contributed by atoms with Crippen molar-refractivity contribution in [2.24, 2.45) is 0 Å². The lowest BCUT2D eigenvalue weighted by Gasteiger charge is -2.07. The third-order valence-corrected chi connectivity index (χ3v) is 3.07. The average molecular weight is 274 g/mol. The fourth-order valence-corrected chi connectivity index (χ4v) is 2.14. The smallest absolute Gasteiger partial charge is 0.162 e. The summed E-state index contributed by atoms with van der Waals surface area (Å²) in [6, 6.07) is 3.56. The summed E-state index contributed by atoms with van der Waals surface area (Å²) < 4.78 is 28.6. The Kier molecular flexibility index (Phi) is 2.93. The van der Waals surface area contributed by atoms with Crippen molar-refractivity contribution in [1.82, 2.24) is 19.7 Å². The van der Waals surface area contributed by atoms with Crippen molar-refractivity contribution in [2.75, 3.05) is 0 Å². The Labute approximate surface area is 114 Å². The van der Waals surface area contributed by atoms with Gasteiger partial charge in [-0.3, -0.25) is 0 Å². The summed E-state index contributed by atoms with van der Waals surface area (Å²) in [7, 11) is 0. The van der Waals surface area contributed by atoms with Gasteiger partial charge in [-0.25, -0.2) is 23.4 Å². The highest BCUT2D eigenvalue weighted by Crippen LogP contribution is 2.28. The number of fused-ring (bicyclic) bond motifs is 1. The van der Waals surface area contributed by atoms with E-state index in [0.29, 0.717) is 16.7 Å². The van der Waals surface area contributed by atoms with Crippen LogP contribution in [0.1, 0.15) is 19.9 Å². The van der Waals surface area contributed by atoms with Gasteiger partial charge >= 0.3 is 0 Å². The van der Waals surface area contributed by atoms with Crippen molar-refractivity contribution in [3.63, 3.8) is 0 Å². The van der Waals surface area contributed by atoms with Gasteiger partial charge in [-0.1, -0.05) is 0 Å². The Morgan fingerprint density at radius 1 is 1.15 bits per heavy atom. The monoisotopic (exact) mass is 274 g/mol. The fourth-order valence-electron chi connectivity index (χ4n) is 2.14. The van der Waals surface area contributed by atoms with Gasteiger partial charge in [-0.05, 0) is 26.0 Å². The predicted molar refractivity (Wildman–Crippen MR) is 71.1 cm³/mol. The zero-order valence-electron chi connectivity index (χ0n) is 11.0. The van der Waals surface area contributed by atoms with Crippen LogP contribution in [0.4, 0.5) is 8.78 Å². The molecule has 3 rings (SSSR count). The number of benzene rings is 1. The summed E-state index contributed by atoms with van der Waals surface area (Å²) in [5.74, 6) is -1.27. The Bertz CT molecular complexity index is 780. The van der Waals surface area contributed by atoms with Gasteiger partial charge in [0, 0.05) is 17.7 Å². The zero-order chi connectivity index (χ0) is 14.3. The standard InChI is InChI=1S/C14H12F2N4/c1-8(2)20-14-11(6-19-20)13(17-7-18-14)10-4-3-9(15)5-12(10)16/h3-8H,1-2H3. The Morgan fingerprint density at radius 2 is 1.95 bits per heavy atom. The molecule has 0 N–H and O–H groups in total. The quantitative estimate of drug-likeness (QED) is 0.719. The molecule has 0 unspecified atom stereocenters. The number of hydrogen-bond acceptors (Lipinski definition) is 3. The number of halogens is 2. The van der Waals surface area contributed by atoms with E-state index in [1.165, 1.54) is 18.5 Å². The number of hydrogen-bond donors (Lipinski definition) is 0. The molecule has 0 radical (unpaired) electrons. The van der Waals surface area contributed by atoms with Crippen LogP contribution in [0.3, 0.4) is 0 Å². The molecule has 3 aromatic rings. The molecule has 102 valence electrons. The number of nitrogens with zero attached hydrogens (tertiary/aromatic N) is 4. The summed E-state index contributed by atoms with van der Waals surface area (Å²) in [6.07, 6.45) is 2.97. The van der Waals surface area contributed by atoms with Crippen LogP contribution in [0, 0.1) is 11.6 Å². The van der Waals surface area contributed by atoms with Gasteiger partial charge in [0.25, 0.3) is 0 Å². The first-order chi connectivity index (χ1) is 9.58. The normalized spacial score (nSPS) is 11.4. The van der Waals surface area contributed by atoms with Crippen molar-refractivity contribution < 1.29 is 8.78 Å². The minimum atomic E-state index is -0.651. The Morgan fingerprint density at radius 3 is 2.65 bits per heavy atom. The molecule has 0 saturated carbocycles. The highest BCUT2D eigenvalue weighted by molar-refractivity contribution is 5.90. The minimum absolute atomic E-state index is 0.133. The second-order valence-electron chi connectivity index (χ2n) is 4.77. The predicted octanol–water partition coefficient (Wildman–Crippen LogP) is 3.35. The van der Waals surface area contributed by atoms with E-state index in [1.807, 2.05) is 13.8 Å². The van der Waals surface area contributed by atoms with Crippen molar-refractivity contribution in [1.29, 1.82) is 0 Å². The molecular weight excluding hydrogens is 262 g/mol. The number of rotatable bonds is 2. The third-order valence-electron chi connectivity index (χ3n) is 3.07. The van der Waals surface area contributed by atoms with Crippen molar-refractivity contribution in [3.05, 3.63) is 42.4 Å². The Balaban J connectivity index is 2.26. The third kappa shape index (κ3) is 1.93. The maximum Gasteiger partial charge on any atom is 0.162 e. The van der Waals surface area contributed by atoms with Gasteiger partial charge in [-0.15, -0.1) is 0 Å². The lowest BCUT2D eigenvalue weighted by molar-refractivity contribution is 0.546. The molecule has 4 nitrogen and oxygen atoms in total. The van der Waals surface area contributed by atoms with Crippen molar-refractivity contribution in [3.8, 4) is 11.3 Å². The zero-order valence-corrected chi connectivity index (χ0v) is 11.0. The van der Waals surface area contributed by atoms with Gasteiger partial charge < -0.3 is 0 Å². The maximum absolute atomic E-state index is 13.9. The van der Waals surface area contributed by atoms with Gasteiger partial charge in [0.15, 0.2) is 5.65 Å². The van der Waals surface area contributed by atoms with E-state index in [9.17, 15) is 8.78 Å². The molecule has 20 heavy (non-hydrogen) atoms. The summed E-state index contributed by atoms with van der Waals surface area (Å²) in [5.41, 5.74) is 1.29. The largest absolute Gasteiger partial charge is 0.245 e. The van der Waals surface area contributed by atoms with Crippen LogP contribution < -0.4 is 0 Å². The molecule has 1 aromatic carbocycles. The molecule has 2 aromatic heterocycles.